The van der Waals surface area contributed by atoms with E-state index >= 15 is 0 Å². The maximum atomic E-state index is 14.0. The lowest BCUT2D eigenvalue weighted by Gasteiger charge is -2.23. The Morgan fingerprint density at radius 1 is 0.968 bits per heavy atom. The number of sulfonamides is 1. The summed E-state index contributed by atoms with van der Waals surface area (Å²) in [7, 11) is -3.69. The van der Waals surface area contributed by atoms with Crippen molar-refractivity contribution in [3.63, 3.8) is 0 Å². The van der Waals surface area contributed by atoms with E-state index in [1.54, 1.807) is 25.1 Å². The first-order valence-corrected chi connectivity index (χ1v) is 11.4. The SMILES string of the molecule is CC(NC(=O)c1ccc(N(Cc2ccccc2F)S(C)(=O)=O)cc1)c1ccc(F)cc1. The van der Waals surface area contributed by atoms with Gasteiger partial charge in [0.1, 0.15) is 11.6 Å². The summed E-state index contributed by atoms with van der Waals surface area (Å²) in [4.78, 5) is 12.5. The van der Waals surface area contributed by atoms with Gasteiger partial charge in [-0.3, -0.25) is 9.10 Å². The number of carbonyl (C=O) groups excluding carboxylic acids is 1. The van der Waals surface area contributed by atoms with E-state index in [9.17, 15) is 22.0 Å². The summed E-state index contributed by atoms with van der Waals surface area (Å²) < 4.78 is 52.7. The van der Waals surface area contributed by atoms with Crippen molar-refractivity contribution in [3.05, 3.63) is 101 Å². The third-order valence-corrected chi connectivity index (χ3v) is 5.95. The highest BCUT2D eigenvalue weighted by atomic mass is 32.2. The van der Waals surface area contributed by atoms with Crippen LogP contribution in [0.2, 0.25) is 0 Å². The molecule has 162 valence electrons. The minimum absolute atomic E-state index is 0.168. The molecule has 3 aromatic carbocycles. The molecule has 0 fully saturated rings. The molecule has 1 amide bonds. The predicted molar refractivity (Wildman–Crippen MR) is 116 cm³/mol. The second-order valence-electron chi connectivity index (χ2n) is 7.15. The van der Waals surface area contributed by atoms with Gasteiger partial charge in [-0.15, -0.1) is 0 Å². The van der Waals surface area contributed by atoms with Gasteiger partial charge in [0.15, 0.2) is 0 Å². The standard InChI is InChI=1S/C23H22F2N2O3S/c1-16(17-7-11-20(24)12-8-17)26-23(28)18-9-13-21(14-10-18)27(31(2,29)30)15-19-5-3-4-6-22(19)25/h3-14,16H,15H2,1-2H3,(H,26,28). The lowest BCUT2D eigenvalue weighted by atomic mass is 10.1. The number of rotatable bonds is 7. The largest absolute Gasteiger partial charge is 0.346 e. The average Bonchev–Trinajstić information content (AvgIpc) is 2.73. The maximum Gasteiger partial charge on any atom is 0.251 e. The van der Waals surface area contributed by atoms with E-state index in [2.05, 4.69) is 5.32 Å². The fraction of sp³-hybridized carbons (Fsp3) is 0.174. The molecule has 3 rings (SSSR count). The van der Waals surface area contributed by atoms with Crippen LogP contribution in [0.4, 0.5) is 14.5 Å². The second kappa shape index (κ2) is 9.26. The van der Waals surface area contributed by atoms with Crippen molar-refractivity contribution < 1.29 is 22.0 Å². The first kappa shape index (κ1) is 22.4. The van der Waals surface area contributed by atoms with Crippen LogP contribution >= 0.6 is 0 Å². The van der Waals surface area contributed by atoms with Crippen LogP contribution in [0.1, 0.15) is 34.5 Å². The van der Waals surface area contributed by atoms with Crippen LogP contribution in [-0.2, 0) is 16.6 Å². The summed E-state index contributed by atoms with van der Waals surface area (Å²) in [6, 6.07) is 17.4. The molecule has 1 atom stereocenters. The Morgan fingerprint density at radius 3 is 2.16 bits per heavy atom. The Balaban J connectivity index is 1.77. The highest BCUT2D eigenvalue weighted by Gasteiger charge is 2.20. The average molecular weight is 445 g/mol. The minimum Gasteiger partial charge on any atom is -0.346 e. The van der Waals surface area contributed by atoms with Gasteiger partial charge in [-0.05, 0) is 55.0 Å². The predicted octanol–water partition coefficient (Wildman–Crippen LogP) is 4.42. The molecule has 0 aliphatic rings. The molecule has 0 radical (unpaired) electrons. The Bertz CT molecular complexity index is 1160. The molecule has 0 aromatic heterocycles. The first-order valence-electron chi connectivity index (χ1n) is 9.52. The lowest BCUT2D eigenvalue weighted by Crippen LogP contribution is -2.30. The van der Waals surface area contributed by atoms with E-state index in [1.807, 2.05) is 0 Å². The first-order chi connectivity index (χ1) is 14.6. The molecule has 31 heavy (non-hydrogen) atoms. The zero-order chi connectivity index (χ0) is 22.6. The number of nitrogens with one attached hydrogen (secondary N) is 1. The van der Waals surface area contributed by atoms with E-state index in [-0.39, 0.29) is 29.9 Å². The van der Waals surface area contributed by atoms with E-state index in [0.29, 0.717) is 11.3 Å². The summed E-state index contributed by atoms with van der Waals surface area (Å²) in [6.07, 6.45) is 1.04. The second-order valence-corrected chi connectivity index (χ2v) is 9.06. The molecule has 1 unspecified atom stereocenters. The fourth-order valence-corrected chi connectivity index (χ4v) is 3.95. The van der Waals surface area contributed by atoms with Gasteiger partial charge in [0, 0.05) is 11.1 Å². The highest BCUT2D eigenvalue weighted by Crippen LogP contribution is 2.23. The Labute approximate surface area is 180 Å². The lowest BCUT2D eigenvalue weighted by molar-refractivity contribution is 0.0940. The van der Waals surface area contributed by atoms with Gasteiger partial charge in [-0.1, -0.05) is 30.3 Å². The number of hydrogen-bond donors (Lipinski definition) is 1. The molecule has 0 saturated carbocycles. The number of anilines is 1. The van der Waals surface area contributed by atoms with Gasteiger partial charge in [-0.2, -0.15) is 0 Å². The molecule has 0 aliphatic heterocycles. The number of benzene rings is 3. The molecular weight excluding hydrogens is 422 g/mol. The number of carbonyl (C=O) groups is 1. The van der Waals surface area contributed by atoms with Crippen molar-refractivity contribution in [2.24, 2.45) is 0 Å². The maximum absolute atomic E-state index is 14.0. The van der Waals surface area contributed by atoms with Crippen molar-refractivity contribution in [2.75, 3.05) is 10.6 Å². The summed E-state index contributed by atoms with van der Waals surface area (Å²) >= 11 is 0. The summed E-state index contributed by atoms with van der Waals surface area (Å²) in [5.74, 6) is -1.21. The van der Waals surface area contributed by atoms with E-state index in [0.717, 1.165) is 16.1 Å². The number of hydrogen-bond acceptors (Lipinski definition) is 3. The van der Waals surface area contributed by atoms with Crippen molar-refractivity contribution >= 4 is 21.6 Å². The van der Waals surface area contributed by atoms with Gasteiger partial charge >= 0.3 is 0 Å². The van der Waals surface area contributed by atoms with E-state index in [1.165, 1.54) is 54.6 Å². The number of halogens is 2. The zero-order valence-corrected chi connectivity index (χ0v) is 17.9. The van der Waals surface area contributed by atoms with E-state index in [4.69, 9.17) is 0 Å². The summed E-state index contributed by atoms with van der Waals surface area (Å²) in [5.41, 5.74) is 1.63. The van der Waals surface area contributed by atoms with Crippen LogP contribution in [0.3, 0.4) is 0 Å². The molecule has 8 heteroatoms. The van der Waals surface area contributed by atoms with Crippen molar-refractivity contribution in [1.29, 1.82) is 0 Å². The van der Waals surface area contributed by atoms with Gasteiger partial charge < -0.3 is 5.32 Å². The minimum atomic E-state index is -3.69. The molecule has 0 aliphatic carbocycles. The van der Waals surface area contributed by atoms with Crippen LogP contribution in [0, 0.1) is 11.6 Å². The summed E-state index contributed by atoms with van der Waals surface area (Å²) in [5, 5.41) is 2.82. The van der Waals surface area contributed by atoms with E-state index < -0.39 is 15.8 Å². The fourth-order valence-electron chi connectivity index (χ4n) is 3.08. The van der Waals surface area contributed by atoms with Gasteiger partial charge in [0.05, 0.1) is 24.5 Å². The quantitative estimate of drug-likeness (QED) is 0.587. The molecule has 0 spiro atoms. The van der Waals surface area contributed by atoms with Crippen LogP contribution in [0.5, 0.6) is 0 Å². The highest BCUT2D eigenvalue weighted by molar-refractivity contribution is 7.92. The van der Waals surface area contributed by atoms with Gasteiger partial charge in [0.25, 0.3) is 5.91 Å². The van der Waals surface area contributed by atoms with Crippen molar-refractivity contribution in [3.8, 4) is 0 Å². The molecular formula is C23H22F2N2O3S. The Kier molecular flexibility index (Phi) is 6.70. The number of amides is 1. The van der Waals surface area contributed by atoms with Crippen LogP contribution in [-0.4, -0.2) is 20.6 Å². The van der Waals surface area contributed by atoms with Crippen LogP contribution in [0.15, 0.2) is 72.8 Å². The van der Waals surface area contributed by atoms with Crippen molar-refractivity contribution in [1.82, 2.24) is 5.32 Å². The molecule has 5 nitrogen and oxygen atoms in total. The van der Waals surface area contributed by atoms with Crippen LogP contribution < -0.4 is 9.62 Å². The molecule has 3 aromatic rings. The van der Waals surface area contributed by atoms with Gasteiger partial charge in [-0.25, -0.2) is 17.2 Å². The van der Waals surface area contributed by atoms with Crippen LogP contribution in [0.25, 0.3) is 0 Å². The molecule has 0 bridgehead atoms. The third-order valence-electron chi connectivity index (χ3n) is 4.81. The Morgan fingerprint density at radius 2 is 1.58 bits per heavy atom. The molecule has 1 N–H and O–H groups in total. The Hall–Kier alpha value is -3.26. The van der Waals surface area contributed by atoms with Gasteiger partial charge in [0.2, 0.25) is 10.0 Å². The zero-order valence-electron chi connectivity index (χ0n) is 17.0. The third kappa shape index (κ3) is 5.67. The van der Waals surface area contributed by atoms with Crippen molar-refractivity contribution in [2.45, 2.75) is 19.5 Å². The normalized spacial score (nSPS) is 12.3. The molecule has 0 saturated heterocycles. The molecule has 0 heterocycles. The smallest absolute Gasteiger partial charge is 0.251 e. The topological polar surface area (TPSA) is 66.5 Å². The summed E-state index contributed by atoms with van der Waals surface area (Å²) in [6.45, 7) is 1.61. The number of nitrogens with zero attached hydrogens (tertiary/aromatic N) is 1. The monoisotopic (exact) mass is 444 g/mol.